The predicted molar refractivity (Wildman–Crippen MR) is 72.1 cm³/mol. The van der Waals surface area contributed by atoms with Gasteiger partial charge >= 0.3 is 5.97 Å². The van der Waals surface area contributed by atoms with E-state index >= 15 is 0 Å². The van der Waals surface area contributed by atoms with Crippen molar-refractivity contribution in [3.8, 4) is 0 Å². The van der Waals surface area contributed by atoms with Gasteiger partial charge in [0.15, 0.2) is 0 Å². The number of methoxy groups -OCH3 is 1. The third kappa shape index (κ3) is 2.48. The van der Waals surface area contributed by atoms with E-state index in [0.29, 0.717) is 0 Å². The summed E-state index contributed by atoms with van der Waals surface area (Å²) in [4.78, 5) is 18.3. The van der Waals surface area contributed by atoms with Crippen molar-refractivity contribution in [1.82, 2.24) is 9.88 Å². The fourth-order valence-electron chi connectivity index (χ4n) is 2.60. The number of carbonyl (C=O) groups excluding carboxylic acids is 1. The minimum absolute atomic E-state index is 0.143. The number of aromatic nitrogens is 1. The number of hydrogen-bond donors (Lipinski definition) is 0. The SMILES string of the molecule is COC(=O)C1CC=C(c2cccnc2)N1CC1CC1. The smallest absolute Gasteiger partial charge is 0.328 e. The number of pyridine rings is 1. The number of ether oxygens (including phenoxy) is 1. The highest BCUT2D eigenvalue weighted by atomic mass is 16.5. The molecule has 1 aliphatic heterocycles. The van der Waals surface area contributed by atoms with E-state index in [4.69, 9.17) is 4.74 Å². The van der Waals surface area contributed by atoms with Gasteiger partial charge in [0, 0.05) is 30.2 Å². The molecule has 0 radical (unpaired) electrons. The molecule has 1 atom stereocenters. The van der Waals surface area contributed by atoms with Crippen LogP contribution in [-0.4, -0.2) is 35.5 Å². The van der Waals surface area contributed by atoms with E-state index in [1.165, 1.54) is 20.0 Å². The minimum Gasteiger partial charge on any atom is -0.467 e. The fourth-order valence-corrected chi connectivity index (χ4v) is 2.60. The van der Waals surface area contributed by atoms with Gasteiger partial charge in [-0.05, 0) is 37.3 Å². The van der Waals surface area contributed by atoms with E-state index in [1.54, 1.807) is 6.20 Å². The summed E-state index contributed by atoms with van der Waals surface area (Å²) in [7, 11) is 1.46. The van der Waals surface area contributed by atoms with Gasteiger partial charge in [-0.1, -0.05) is 6.08 Å². The Morgan fingerprint density at radius 3 is 3.00 bits per heavy atom. The zero-order chi connectivity index (χ0) is 13.2. The van der Waals surface area contributed by atoms with Crippen LogP contribution in [0.5, 0.6) is 0 Å². The summed E-state index contributed by atoms with van der Waals surface area (Å²) < 4.78 is 4.92. The Balaban J connectivity index is 1.84. The number of carbonyl (C=O) groups is 1. The Labute approximate surface area is 113 Å². The summed E-state index contributed by atoms with van der Waals surface area (Å²) in [5.74, 6) is 0.584. The highest BCUT2D eigenvalue weighted by molar-refractivity contribution is 5.81. The lowest BCUT2D eigenvalue weighted by molar-refractivity contribution is -0.145. The van der Waals surface area contributed by atoms with Crippen molar-refractivity contribution in [3.63, 3.8) is 0 Å². The molecule has 0 amide bonds. The van der Waals surface area contributed by atoms with E-state index in [2.05, 4.69) is 16.0 Å². The highest BCUT2D eigenvalue weighted by Crippen LogP contribution is 2.37. The van der Waals surface area contributed by atoms with Crippen molar-refractivity contribution in [1.29, 1.82) is 0 Å². The molecule has 3 rings (SSSR count). The molecule has 1 aromatic rings. The van der Waals surface area contributed by atoms with Crippen LogP contribution in [0, 0.1) is 5.92 Å². The van der Waals surface area contributed by atoms with Crippen LogP contribution >= 0.6 is 0 Å². The summed E-state index contributed by atoms with van der Waals surface area (Å²) in [5, 5.41) is 0. The second kappa shape index (κ2) is 5.03. The largest absolute Gasteiger partial charge is 0.467 e. The van der Waals surface area contributed by atoms with Crippen molar-refractivity contribution in [2.45, 2.75) is 25.3 Å². The molecule has 1 unspecified atom stereocenters. The molecule has 0 N–H and O–H groups in total. The lowest BCUT2D eigenvalue weighted by Gasteiger charge is -2.28. The van der Waals surface area contributed by atoms with E-state index in [0.717, 1.165) is 30.1 Å². The van der Waals surface area contributed by atoms with Crippen molar-refractivity contribution in [2.24, 2.45) is 5.92 Å². The highest BCUT2D eigenvalue weighted by Gasteiger charge is 2.36. The van der Waals surface area contributed by atoms with Crippen molar-refractivity contribution < 1.29 is 9.53 Å². The molecule has 0 aromatic carbocycles. The van der Waals surface area contributed by atoms with Gasteiger partial charge in [0.25, 0.3) is 0 Å². The molecule has 2 aliphatic rings. The van der Waals surface area contributed by atoms with Gasteiger partial charge in [-0.2, -0.15) is 0 Å². The van der Waals surface area contributed by atoms with Crippen LogP contribution in [0.1, 0.15) is 24.8 Å². The average Bonchev–Trinajstić information content (AvgIpc) is 3.17. The molecule has 0 spiro atoms. The predicted octanol–water partition coefficient (Wildman–Crippen LogP) is 2.08. The molecule has 0 saturated heterocycles. The molecule has 4 nitrogen and oxygen atoms in total. The molecule has 1 saturated carbocycles. The van der Waals surface area contributed by atoms with Crippen molar-refractivity contribution in [3.05, 3.63) is 36.2 Å². The van der Waals surface area contributed by atoms with Crippen LogP contribution in [0.3, 0.4) is 0 Å². The van der Waals surface area contributed by atoms with Crippen LogP contribution in [0.15, 0.2) is 30.6 Å². The molecule has 4 heteroatoms. The second-order valence-electron chi connectivity index (χ2n) is 5.20. The number of rotatable bonds is 4. The Hall–Kier alpha value is -1.84. The normalized spacial score (nSPS) is 22.3. The minimum atomic E-state index is -0.166. The third-order valence-corrected chi connectivity index (χ3v) is 3.80. The third-order valence-electron chi connectivity index (χ3n) is 3.80. The Bertz CT molecular complexity index is 494. The Morgan fingerprint density at radius 1 is 1.53 bits per heavy atom. The van der Waals surface area contributed by atoms with Gasteiger partial charge in [0.1, 0.15) is 6.04 Å². The molecule has 19 heavy (non-hydrogen) atoms. The molecule has 1 aliphatic carbocycles. The van der Waals surface area contributed by atoms with Crippen LogP contribution < -0.4 is 0 Å². The molecule has 0 bridgehead atoms. The second-order valence-corrected chi connectivity index (χ2v) is 5.20. The first-order valence-electron chi connectivity index (χ1n) is 6.74. The first-order valence-corrected chi connectivity index (χ1v) is 6.74. The first-order chi connectivity index (χ1) is 9.29. The molecular weight excluding hydrogens is 240 g/mol. The maximum atomic E-state index is 11.9. The number of hydrogen-bond acceptors (Lipinski definition) is 4. The summed E-state index contributed by atoms with van der Waals surface area (Å²) in [5.41, 5.74) is 2.20. The van der Waals surface area contributed by atoms with Crippen LogP contribution in [0.25, 0.3) is 5.70 Å². The summed E-state index contributed by atoms with van der Waals surface area (Å²) in [6.45, 7) is 0.945. The number of esters is 1. The van der Waals surface area contributed by atoms with Gasteiger partial charge in [0.2, 0.25) is 0 Å². The monoisotopic (exact) mass is 258 g/mol. The van der Waals surface area contributed by atoms with Gasteiger partial charge in [-0.15, -0.1) is 0 Å². The maximum absolute atomic E-state index is 11.9. The van der Waals surface area contributed by atoms with Crippen LogP contribution in [0.4, 0.5) is 0 Å². The van der Waals surface area contributed by atoms with Crippen molar-refractivity contribution >= 4 is 11.7 Å². The lowest BCUT2D eigenvalue weighted by Crippen LogP contribution is -2.38. The molecule has 1 aromatic heterocycles. The zero-order valence-electron chi connectivity index (χ0n) is 11.1. The quantitative estimate of drug-likeness (QED) is 0.775. The summed E-state index contributed by atoms with van der Waals surface area (Å²) in [6.07, 6.45) is 9.01. The molecular formula is C15H18N2O2. The zero-order valence-corrected chi connectivity index (χ0v) is 11.1. The Morgan fingerprint density at radius 2 is 2.37 bits per heavy atom. The molecule has 2 heterocycles. The molecule has 100 valence electrons. The fraction of sp³-hybridized carbons (Fsp3) is 0.467. The van der Waals surface area contributed by atoms with E-state index in [9.17, 15) is 4.79 Å². The lowest BCUT2D eigenvalue weighted by atomic mass is 10.2. The summed E-state index contributed by atoms with van der Waals surface area (Å²) >= 11 is 0. The maximum Gasteiger partial charge on any atom is 0.328 e. The van der Waals surface area contributed by atoms with Gasteiger partial charge in [0.05, 0.1) is 7.11 Å². The van der Waals surface area contributed by atoms with Crippen LogP contribution in [-0.2, 0) is 9.53 Å². The van der Waals surface area contributed by atoms with Gasteiger partial charge < -0.3 is 9.64 Å². The first kappa shape index (κ1) is 12.2. The van der Waals surface area contributed by atoms with E-state index in [-0.39, 0.29) is 12.0 Å². The van der Waals surface area contributed by atoms with Crippen LogP contribution in [0.2, 0.25) is 0 Å². The average molecular weight is 258 g/mol. The topological polar surface area (TPSA) is 42.4 Å². The van der Waals surface area contributed by atoms with Gasteiger partial charge in [-0.3, -0.25) is 4.98 Å². The molecule has 1 fully saturated rings. The standard InChI is InChI=1S/C15H18N2O2/c1-19-15(18)14-7-6-13(12-3-2-8-16-9-12)17(14)10-11-4-5-11/h2-3,6,8-9,11,14H,4-5,7,10H2,1H3. The Kier molecular flexibility index (Phi) is 3.23. The van der Waals surface area contributed by atoms with Crippen molar-refractivity contribution in [2.75, 3.05) is 13.7 Å². The van der Waals surface area contributed by atoms with Gasteiger partial charge in [-0.25, -0.2) is 4.79 Å². The van der Waals surface area contributed by atoms with E-state index in [1.807, 2.05) is 18.3 Å². The number of nitrogens with zero attached hydrogens (tertiary/aromatic N) is 2. The van der Waals surface area contributed by atoms with E-state index < -0.39 is 0 Å². The summed E-state index contributed by atoms with van der Waals surface area (Å²) in [6, 6.07) is 3.80.